The van der Waals surface area contributed by atoms with E-state index in [1.807, 2.05) is 91.0 Å². The molecule has 1 N–H and O–H groups in total. The Hall–Kier alpha value is -3.31. The van der Waals surface area contributed by atoms with E-state index in [1.54, 1.807) is 0 Å². The third-order valence-corrected chi connectivity index (χ3v) is 5.69. The summed E-state index contributed by atoms with van der Waals surface area (Å²) in [5.74, 6) is -0.536. The first-order valence-electron chi connectivity index (χ1n) is 9.42. The van der Waals surface area contributed by atoms with Crippen LogP contribution in [0.4, 0.5) is 5.69 Å². The van der Waals surface area contributed by atoms with Crippen LogP contribution in [0.3, 0.4) is 0 Å². The van der Waals surface area contributed by atoms with Crippen molar-refractivity contribution in [3.63, 3.8) is 0 Å². The molecule has 0 aliphatic carbocycles. The van der Waals surface area contributed by atoms with Gasteiger partial charge in [0.05, 0.1) is 0 Å². The van der Waals surface area contributed by atoms with Gasteiger partial charge in [0.25, 0.3) is 11.8 Å². The summed E-state index contributed by atoms with van der Waals surface area (Å²) in [4.78, 5) is 28.9. The standard InChI is InChI=1S/C24H20N2O2S/c27-23-21(25-19-12-6-2-7-13-19)22(29-20-14-8-3-9-15-20)24(28)26(23)17-16-18-10-4-1-5-11-18/h1-15,25H,16-17H2. The topological polar surface area (TPSA) is 49.4 Å². The number of thioether (sulfide) groups is 1. The van der Waals surface area contributed by atoms with E-state index >= 15 is 0 Å². The summed E-state index contributed by atoms with van der Waals surface area (Å²) in [7, 11) is 0. The van der Waals surface area contributed by atoms with Crippen molar-refractivity contribution in [1.82, 2.24) is 4.90 Å². The minimum atomic E-state index is -0.284. The van der Waals surface area contributed by atoms with Gasteiger partial charge in [0.1, 0.15) is 10.6 Å². The molecule has 1 aliphatic heterocycles. The van der Waals surface area contributed by atoms with E-state index < -0.39 is 0 Å². The SMILES string of the molecule is O=C1C(Nc2ccccc2)=C(Sc2ccccc2)C(=O)N1CCc1ccccc1. The Labute approximate surface area is 174 Å². The van der Waals surface area contributed by atoms with Gasteiger partial charge in [0, 0.05) is 17.1 Å². The number of para-hydroxylation sites is 1. The first-order valence-corrected chi connectivity index (χ1v) is 10.2. The molecule has 0 fully saturated rings. The van der Waals surface area contributed by atoms with E-state index in [0.29, 0.717) is 23.6 Å². The van der Waals surface area contributed by atoms with Crippen molar-refractivity contribution in [2.24, 2.45) is 0 Å². The number of imide groups is 1. The van der Waals surface area contributed by atoms with Gasteiger partial charge < -0.3 is 5.32 Å². The number of hydrogen-bond donors (Lipinski definition) is 1. The monoisotopic (exact) mass is 400 g/mol. The number of nitrogens with zero attached hydrogens (tertiary/aromatic N) is 1. The van der Waals surface area contributed by atoms with Crippen LogP contribution in [0.25, 0.3) is 0 Å². The summed E-state index contributed by atoms with van der Waals surface area (Å²) in [5, 5.41) is 3.17. The molecule has 4 rings (SSSR count). The molecular weight excluding hydrogens is 380 g/mol. The predicted molar refractivity (Wildman–Crippen MR) is 116 cm³/mol. The number of amides is 2. The van der Waals surface area contributed by atoms with Crippen LogP contribution in [-0.2, 0) is 16.0 Å². The molecule has 0 saturated carbocycles. The molecule has 4 nitrogen and oxygen atoms in total. The lowest BCUT2D eigenvalue weighted by molar-refractivity contribution is -0.137. The summed E-state index contributed by atoms with van der Waals surface area (Å²) in [6, 6.07) is 28.9. The molecule has 2 amide bonds. The fourth-order valence-corrected chi connectivity index (χ4v) is 4.09. The second kappa shape index (κ2) is 8.80. The van der Waals surface area contributed by atoms with Crippen molar-refractivity contribution < 1.29 is 9.59 Å². The Bertz CT molecular complexity index is 971. The second-order valence-corrected chi connectivity index (χ2v) is 7.69. The molecular formula is C24H20N2O2S. The molecule has 0 spiro atoms. The van der Waals surface area contributed by atoms with E-state index in [1.165, 1.54) is 16.7 Å². The molecule has 0 saturated heterocycles. The fraction of sp³-hybridized carbons (Fsp3) is 0.0833. The van der Waals surface area contributed by atoms with Crippen LogP contribution in [0.15, 0.2) is 106 Å². The van der Waals surface area contributed by atoms with Crippen molar-refractivity contribution in [3.05, 3.63) is 107 Å². The van der Waals surface area contributed by atoms with Gasteiger partial charge in [-0.25, -0.2) is 0 Å². The highest BCUT2D eigenvalue weighted by Gasteiger charge is 2.38. The maximum absolute atomic E-state index is 13.1. The third-order valence-electron chi connectivity index (χ3n) is 4.60. The van der Waals surface area contributed by atoms with E-state index in [0.717, 1.165) is 16.1 Å². The van der Waals surface area contributed by atoms with Crippen molar-refractivity contribution in [2.45, 2.75) is 11.3 Å². The van der Waals surface area contributed by atoms with Gasteiger partial charge in [-0.3, -0.25) is 14.5 Å². The molecule has 144 valence electrons. The number of benzene rings is 3. The van der Waals surface area contributed by atoms with Gasteiger partial charge in [0.15, 0.2) is 0 Å². The zero-order valence-corrected chi connectivity index (χ0v) is 16.6. The van der Waals surface area contributed by atoms with Gasteiger partial charge in [-0.2, -0.15) is 0 Å². The van der Waals surface area contributed by atoms with Crippen LogP contribution in [0.5, 0.6) is 0 Å². The van der Waals surface area contributed by atoms with Crippen LogP contribution >= 0.6 is 11.8 Å². The first-order chi connectivity index (χ1) is 14.2. The Morgan fingerprint density at radius 2 is 1.31 bits per heavy atom. The van der Waals surface area contributed by atoms with Crippen molar-refractivity contribution in [2.75, 3.05) is 11.9 Å². The van der Waals surface area contributed by atoms with Gasteiger partial charge in [0.2, 0.25) is 0 Å². The summed E-state index contributed by atoms with van der Waals surface area (Å²) >= 11 is 1.32. The average molecular weight is 401 g/mol. The van der Waals surface area contributed by atoms with Crippen LogP contribution < -0.4 is 5.32 Å². The van der Waals surface area contributed by atoms with Crippen LogP contribution in [0.1, 0.15) is 5.56 Å². The minimum Gasteiger partial charge on any atom is -0.350 e. The Kier molecular flexibility index (Phi) is 5.77. The quantitative estimate of drug-likeness (QED) is 0.584. The molecule has 0 aromatic heterocycles. The van der Waals surface area contributed by atoms with Crippen molar-refractivity contribution >= 4 is 29.3 Å². The molecule has 0 bridgehead atoms. The number of rotatable bonds is 7. The number of nitrogens with one attached hydrogen (secondary N) is 1. The highest BCUT2D eigenvalue weighted by Crippen LogP contribution is 2.35. The molecule has 3 aromatic rings. The Morgan fingerprint density at radius 1 is 0.724 bits per heavy atom. The molecule has 3 aromatic carbocycles. The average Bonchev–Trinajstić information content (AvgIpc) is 2.98. The summed E-state index contributed by atoms with van der Waals surface area (Å²) in [6.45, 7) is 0.348. The Morgan fingerprint density at radius 3 is 1.97 bits per heavy atom. The zero-order valence-electron chi connectivity index (χ0n) is 15.7. The summed E-state index contributed by atoms with van der Waals surface area (Å²) < 4.78 is 0. The molecule has 1 aliphatic rings. The lowest BCUT2D eigenvalue weighted by Crippen LogP contribution is -2.34. The largest absolute Gasteiger partial charge is 0.350 e. The number of carbonyl (C=O) groups is 2. The molecule has 29 heavy (non-hydrogen) atoms. The highest BCUT2D eigenvalue weighted by molar-refractivity contribution is 8.04. The van der Waals surface area contributed by atoms with Gasteiger partial charge in [-0.05, 0) is 36.2 Å². The maximum Gasteiger partial charge on any atom is 0.278 e. The molecule has 0 atom stereocenters. The Balaban J connectivity index is 1.60. The summed E-state index contributed by atoms with van der Waals surface area (Å²) in [6.07, 6.45) is 0.625. The smallest absolute Gasteiger partial charge is 0.278 e. The minimum absolute atomic E-state index is 0.252. The van der Waals surface area contributed by atoms with Gasteiger partial charge in [-0.15, -0.1) is 0 Å². The number of carbonyl (C=O) groups excluding carboxylic acids is 2. The summed E-state index contributed by atoms with van der Waals surface area (Å²) in [5.41, 5.74) is 2.21. The first kappa shape index (κ1) is 19.0. The van der Waals surface area contributed by atoms with Crippen molar-refractivity contribution in [3.8, 4) is 0 Å². The third kappa shape index (κ3) is 4.41. The molecule has 5 heteroatoms. The van der Waals surface area contributed by atoms with Gasteiger partial charge in [-0.1, -0.05) is 78.5 Å². The van der Waals surface area contributed by atoms with E-state index in [4.69, 9.17) is 0 Å². The molecule has 1 heterocycles. The van der Waals surface area contributed by atoms with Crippen molar-refractivity contribution in [1.29, 1.82) is 0 Å². The van der Waals surface area contributed by atoms with E-state index in [2.05, 4.69) is 5.32 Å². The normalized spacial score (nSPS) is 13.9. The van der Waals surface area contributed by atoms with Crippen LogP contribution in [0.2, 0.25) is 0 Å². The maximum atomic E-state index is 13.1. The fourth-order valence-electron chi connectivity index (χ4n) is 3.12. The number of hydrogen-bond acceptors (Lipinski definition) is 4. The van der Waals surface area contributed by atoms with Gasteiger partial charge >= 0.3 is 0 Å². The highest BCUT2D eigenvalue weighted by atomic mass is 32.2. The van der Waals surface area contributed by atoms with Crippen LogP contribution in [-0.4, -0.2) is 23.3 Å². The van der Waals surface area contributed by atoms with Crippen LogP contribution in [0, 0.1) is 0 Å². The number of anilines is 1. The predicted octanol–water partition coefficient (Wildman–Crippen LogP) is 4.71. The zero-order chi connectivity index (χ0) is 20.1. The van der Waals surface area contributed by atoms with E-state index in [9.17, 15) is 9.59 Å². The molecule has 0 unspecified atom stereocenters. The molecule has 0 radical (unpaired) electrons. The second-order valence-electron chi connectivity index (χ2n) is 6.61. The lowest BCUT2D eigenvalue weighted by Gasteiger charge is -2.15. The van der Waals surface area contributed by atoms with E-state index in [-0.39, 0.29) is 11.8 Å². The lowest BCUT2D eigenvalue weighted by atomic mass is 10.1.